The number of benzene rings is 2. The summed E-state index contributed by atoms with van der Waals surface area (Å²) in [5.41, 5.74) is 1.60. The van der Waals surface area contributed by atoms with Crippen LogP contribution in [0.25, 0.3) is 5.69 Å². The number of methoxy groups -OCH3 is 1. The van der Waals surface area contributed by atoms with Gasteiger partial charge in [0.05, 0.1) is 13.2 Å². The Morgan fingerprint density at radius 3 is 2.35 bits per heavy atom. The molecule has 34 heavy (non-hydrogen) atoms. The lowest BCUT2D eigenvalue weighted by atomic mass is 9.86. The van der Waals surface area contributed by atoms with E-state index < -0.39 is 36.8 Å². The van der Waals surface area contributed by atoms with Crippen LogP contribution in [0.4, 0.5) is 17.6 Å². The number of hydrogen-bond acceptors (Lipinski definition) is 4. The smallest absolute Gasteiger partial charge is 0.378 e. The number of nitrogens with zero attached hydrogens (tertiary/aromatic N) is 2. The van der Waals surface area contributed by atoms with Crippen LogP contribution in [0.1, 0.15) is 17.0 Å². The van der Waals surface area contributed by atoms with Crippen molar-refractivity contribution in [3.63, 3.8) is 0 Å². The SMILES string of the molecule is COC1C(C(F)(F)F)COC(F)(c2ccccc2)C1OCc1ccc(-n2ccnc2C)cc1.Cl. The van der Waals surface area contributed by atoms with Crippen molar-refractivity contribution in [3.05, 3.63) is 83.9 Å². The number of alkyl halides is 4. The van der Waals surface area contributed by atoms with Crippen LogP contribution in [0, 0.1) is 12.8 Å². The number of imidazole rings is 1. The van der Waals surface area contributed by atoms with Gasteiger partial charge in [-0.15, -0.1) is 12.4 Å². The Kier molecular flexibility index (Phi) is 8.02. The van der Waals surface area contributed by atoms with Crippen molar-refractivity contribution in [2.75, 3.05) is 13.7 Å². The fourth-order valence-corrected chi connectivity index (χ4v) is 4.08. The van der Waals surface area contributed by atoms with Crippen molar-refractivity contribution in [1.82, 2.24) is 9.55 Å². The molecule has 4 unspecified atom stereocenters. The second-order valence-electron chi connectivity index (χ2n) is 7.91. The molecule has 0 bridgehead atoms. The minimum Gasteiger partial charge on any atom is -0.378 e. The number of hydrogen-bond donors (Lipinski definition) is 0. The normalized spacial score (nSPS) is 25.1. The number of halogens is 5. The van der Waals surface area contributed by atoms with Gasteiger partial charge in [-0.2, -0.15) is 13.2 Å². The van der Waals surface area contributed by atoms with E-state index in [0.29, 0.717) is 5.56 Å². The Morgan fingerprint density at radius 2 is 1.79 bits per heavy atom. The van der Waals surface area contributed by atoms with E-state index in [1.54, 1.807) is 36.5 Å². The van der Waals surface area contributed by atoms with Gasteiger partial charge in [-0.3, -0.25) is 0 Å². The van der Waals surface area contributed by atoms with Crippen molar-refractivity contribution >= 4 is 12.4 Å². The third-order valence-corrected chi connectivity index (χ3v) is 5.86. The molecule has 0 spiro atoms. The van der Waals surface area contributed by atoms with Crippen LogP contribution >= 0.6 is 12.4 Å². The summed E-state index contributed by atoms with van der Waals surface area (Å²) in [7, 11) is 1.12. The highest BCUT2D eigenvalue weighted by Crippen LogP contribution is 2.46. The summed E-state index contributed by atoms with van der Waals surface area (Å²) in [6.45, 7) is 0.874. The number of ether oxygens (including phenoxy) is 3. The van der Waals surface area contributed by atoms with E-state index in [0.717, 1.165) is 18.6 Å². The van der Waals surface area contributed by atoms with Crippen molar-refractivity contribution in [2.24, 2.45) is 5.92 Å². The highest BCUT2D eigenvalue weighted by Gasteiger charge is 2.60. The quantitative estimate of drug-likeness (QED) is 0.417. The predicted octanol–water partition coefficient (Wildman–Crippen LogP) is 5.53. The summed E-state index contributed by atoms with van der Waals surface area (Å²) in [6.07, 6.45) is -4.36. The van der Waals surface area contributed by atoms with Gasteiger partial charge < -0.3 is 18.8 Å². The molecule has 3 aromatic rings. The average Bonchev–Trinajstić information content (AvgIpc) is 3.24. The summed E-state index contributed by atoms with van der Waals surface area (Å²) in [5, 5.41) is 0. The molecule has 10 heteroatoms. The van der Waals surface area contributed by atoms with Gasteiger partial charge >= 0.3 is 6.18 Å². The van der Waals surface area contributed by atoms with Crippen molar-refractivity contribution < 1.29 is 31.8 Å². The summed E-state index contributed by atoms with van der Waals surface area (Å²) in [4.78, 5) is 4.18. The molecule has 0 saturated carbocycles. The number of aryl methyl sites for hydroxylation is 1. The molecule has 5 nitrogen and oxygen atoms in total. The highest BCUT2D eigenvalue weighted by atomic mass is 35.5. The Morgan fingerprint density at radius 1 is 1.12 bits per heavy atom. The molecular weight excluding hydrogens is 476 g/mol. The van der Waals surface area contributed by atoms with Crippen LogP contribution in [-0.2, 0) is 26.7 Å². The maximum atomic E-state index is 16.2. The first-order chi connectivity index (χ1) is 15.7. The zero-order chi connectivity index (χ0) is 23.6. The van der Waals surface area contributed by atoms with Crippen LogP contribution in [0.3, 0.4) is 0 Å². The van der Waals surface area contributed by atoms with Gasteiger partial charge in [0, 0.05) is 30.8 Å². The molecule has 4 atom stereocenters. The summed E-state index contributed by atoms with van der Waals surface area (Å²) in [6, 6.07) is 15.0. The number of aromatic nitrogens is 2. The standard InChI is InChI=1S/C24H24F4N2O3.ClH/c1-16-29-12-13-30(16)19-10-8-17(9-11-19)14-32-22-21(31-2)20(24(26,27)28)15-33-23(22,25)18-6-4-3-5-7-18;/h3-13,20-22H,14-15H2,1-2H3;1H. The zero-order valence-corrected chi connectivity index (χ0v) is 19.4. The van der Waals surface area contributed by atoms with Crippen molar-refractivity contribution in [2.45, 2.75) is 37.8 Å². The van der Waals surface area contributed by atoms with Crippen LogP contribution < -0.4 is 0 Å². The van der Waals surface area contributed by atoms with E-state index in [-0.39, 0.29) is 24.6 Å². The Hall–Kier alpha value is -2.46. The van der Waals surface area contributed by atoms with Gasteiger partial charge in [0.2, 0.25) is 0 Å². The topological polar surface area (TPSA) is 45.5 Å². The molecule has 1 saturated heterocycles. The first-order valence-corrected chi connectivity index (χ1v) is 10.4. The summed E-state index contributed by atoms with van der Waals surface area (Å²) < 4.78 is 75.1. The first-order valence-electron chi connectivity index (χ1n) is 10.4. The van der Waals surface area contributed by atoms with Gasteiger partial charge in [0.25, 0.3) is 5.85 Å². The molecule has 0 aliphatic carbocycles. The molecule has 2 aromatic carbocycles. The van der Waals surface area contributed by atoms with Crippen LogP contribution in [-0.4, -0.2) is 41.7 Å². The van der Waals surface area contributed by atoms with Gasteiger partial charge in [-0.05, 0) is 24.6 Å². The molecular formula is C24H25ClF4N2O3. The van der Waals surface area contributed by atoms with Crippen LogP contribution in [0.2, 0.25) is 0 Å². The Labute approximate surface area is 201 Å². The third-order valence-electron chi connectivity index (χ3n) is 5.86. The zero-order valence-electron chi connectivity index (χ0n) is 18.5. The Balaban J connectivity index is 0.00000324. The molecule has 0 radical (unpaired) electrons. The first kappa shape index (κ1) is 26.2. The maximum absolute atomic E-state index is 16.2. The molecule has 1 aliphatic rings. The predicted molar refractivity (Wildman–Crippen MR) is 120 cm³/mol. The molecule has 184 valence electrons. The minimum atomic E-state index is -4.63. The lowest BCUT2D eigenvalue weighted by Crippen LogP contribution is -2.59. The third kappa shape index (κ3) is 5.12. The lowest BCUT2D eigenvalue weighted by Gasteiger charge is -2.45. The largest absolute Gasteiger partial charge is 0.396 e. The second-order valence-corrected chi connectivity index (χ2v) is 7.91. The van der Waals surface area contributed by atoms with E-state index in [1.165, 1.54) is 12.1 Å². The molecule has 2 heterocycles. The van der Waals surface area contributed by atoms with Gasteiger partial charge in [0.1, 0.15) is 24.0 Å². The van der Waals surface area contributed by atoms with Gasteiger partial charge in [-0.1, -0.05) is 42.5 Å². The van der Waals surface area contributed by atoms with E-state index in [4.69, 9.17) is 14.2 Å². The number of rotatable bonds is 6. The maximum Gasteiger partial charge on any atom is 0.396 e. The monoisotopic (exact) mass is 500 g/mol. The fraction of sp³-hybridized carbons (Fsp3) is 0.375. The molecule has 1 aliphatic heterocycles. The van der Waals surface area contributed by atoms with Crippen molar-refractivity contribution in [3.8, 4) is 5.69 Å². The molecule has 1 aromatic heterocycles. The molecule has 0 N–H and O–H groups in total. The van der Waals surface area contributed by atoms with Crippen molar-refractivity contribution in [1.29, 1.82) is 0 Å². The highest BCUT2D eigenvalue weighted by molar-refractivity contribution is 5.85. The van der Waals surface area contributed by atoms with Crippen LogP contribution in [0.15, 0.2) is 67.0 Å². The second kappa shape index (κ2) is 10.4. The lowest BCUT2D eigenvalue weighted by molar-refractivity contribution is -0.340. The van der Waals surface area contributed by atoms with E-state index in [1.807, 2.05) is 29.8 Å². The molecule has 4 rings (SSSR count). The fourth-order valence-electron chi connectivity index (χ4n) is 4.08. The summed E-state index contributed by atoms with van der Waals surface area (Å²) >= 11 is 0. The van der Waals surface area contributed by atoms with Crippen LogP contribution in [0.5, 0.6) is 0 Å². The van der Waals surface area contributed by atoms with Gasteiger partial charge in [0.15, 0.2) is 0 Å². The Bertz CT molecular complexity index is 1060. The average molecular weight is 501 g/mol. The van der Waals surface area contributed by atoms with E-state index >= 15 is 4.39 Å². The van der Waals surface area contributed by atoms with E-state index in [2.05, 4.69) is 4.98 Å². The van der Waals surface area contributed by atoms with E-state index in [9.17, 15) is 13.2 Å². The summed E-state index contributed by atoms with van der Waals surface area (Å²) in [5.74, 6) is -3.81. The molecule has 0 amide bonds. The van der Waals surface area contributed by atoms with Gasteiger partial charge in [-0.25, -0.2) is 9.37 Å². The molecule has 1 fully saturated rings. The minimum absolute atomic E-state index is 0.